The number of carbonyl (C=O) groups excluding carboxylic acids is 2. The van der Waals surface area contributed by atoms with E-state index in [4.69, 9.17) is 47.4 Å². The summed E-state index contributed by atoms with van der Waals surface area (Å²) in [7, 11) is 3.08. The first kappa shape index (κ1) is 40.6. The molecule has 10 aliphatic heterocycles. The van der Waals surface area contributed by atoms with Gasteiger partial charge in [-0.15, -0.1) is 0 Å². The number of ether oxygens (including phenoxy) is 10. The summed E-state index contributed by atoms with van der Waals surface area (Å²) in [4.78, 5) is 26.3. The van der Waals surface area contributed by atoms with E-state index in [-0.39, 0.29) is 129 Å². The molecule has 57 heavy (non-hydrogen) atoms. The molecule has 0 radical (unpaired) electrons. The number of carbonyl (C=O) groups is 2. The first-order chi connectivity index (χ1) is 27.5. The van der Waals surface area contributed by atoms with Crippen LogP contribution < -0.4 is 5.32 Å². The van der Waals surface area contributed by atoms with Gasteiger partial charge in [-0.25, -0.2) is 0 Å². The maximum atomic E-state index is 14.2. The van der Waals surface area contributed by atoms with Crippen molar-refractivity contribution >= 4 is 11.7 Å². The Balaban J connectivity index is 0.966. The normalized spacial score (nSPS) is 48.7. The largest absolute Gasteiger partial charge is 0.391 e. The second kappa shape index (κ2) is 16.6. The fourth-order valence-corrected chi connectivity index (χ4v) is 11.7. The number of nitrogens with one attached hydrogen (secondary N) is 1. The minimum absolute atomic E-state index is 0.00670. The van der Waals surface area contributed by atoms with Crippen molar-refractivity contribution in [2.75, 3.05) is 27.4 Å². The minimum atomic E-state index is -0.890. The number of ketones is 1. The molecule has 0 aromatic heterocycles. The SMILES string of the molecule is C=C1C[C@@H]2CC[C@@]34C[C@H]5OC6[C@@H](O[C@H]7CCC(CC(=O)C[C@@H]8[C@@H](OC)[C@@H](C[C@H](O)CNC(=O)COC)O[C@H]8C[C@H]8O[C@@H](CC[C@@H]1O2)C[C@@H](C)C8=C)O[C@@H]7[C@@H]6O3)C5O4. The van der Waals surface area contributed by atoms with Crippen LogP contribution in [0.1, 0.15) is 90.4 Å². The molecule has 0 saturated carbocycles. The number of rotatable bonds is 7. The second-order valence-corrected chi connectivity index (χ2v) is 18.4. The van der Waals surface area contributed by atoms with Gasteiger partial charge < -0.3 is 57.8 Å². The van der Waals surface area contributed by atoms with Crippen LogP contribution in [0.25, 0.3) is 0 Å². The number of fused-ring (bicyclic) bond motifs is 6. The molecule has 10 fully saturated rings. The third kappa shape index (κ3) is 8.07. The van der Waals surface area contributed by atoms with Crippen molar-refractivity contribution in [2.45, 2.75) is 194 Å². The standard InChI is InChI=1S/C43H63NO13/c1-21-12-26-6-8-30-22(2)13-28(50-30)10-11-43-18-35-39(56-43)40-41(55-35)42(57-43)38-31(54-40)9-7-27(52-38)14-24(45)15-29-33(17-32(51-26)23(21)3)53-34(37(29)49-5)16-25(46)19-44-36(47)20-48-4/h21,25-35,37-42,46H,2-3,6-20H2,1,4-5H3,(H,44,47)/t21-,25+,26+,27?,28+,29+,30+,31+,32-,33+,34-,35-,37-,38+,39?,40+,41?,42+,43+/m1/s1. The number of hydrogen-bond donors (Lipinski definition) is 2. The monoisotopic (exact) mass is 801 g/mol. The Morgan fingerprint density at radius 1 is 0.825 bits per heavy atom. The number of Topliss-reactive ketones (excluding diaryl/α,β-unsaturated/α-hetero) is 1. The van der Waals surface area contributed by atoms with Crippen molar-refractivity contribution in [1.29, 1.82) is 0 Å². The van der Waals surface area contributed by atoms with Crippen molar-refractivity contribution in [2.24, 2.45) is 11.8 Å². The van der Waals surface area contributed by atoms with Crippen molar-refractivity contribution in [3.63, 3.8) is 0 Å². The summed E-state index contributed by atoms with van der Waals surface area (Å²) < 4.78 is 65.1. The zero-order valence-corrected chi connectivity index (χ0v) is 33.8. The van der Waals surface area contributed by atoms with Gasteiger partial charge in [0.25, 0.3) is 0 Å². The Hall–Kier alpha value is -1.82. The van der Waals surface area contributed by atoms with Crippen molar-refractivity contribution in [3.8, 4) is 0 Å². The zero-order valence-electron chi connectivity index (χ0n) is 33.8. The van der Waals surface area contributed by atoms with Crippen LogP contribution in [0, 0.1) is 11.8 Å². The van der Waals surface area contributed by atoms with Gasteiger partial charge >= 0.3 is 0 Å². The smallest absolute Gasteiger partial charge is 0.246 e. The van der Waals surface area contributed by atoms with Crippen LogP contribution in [0.5, 0.6) is 0 Å². The third-order valence-corrected chi connectivity index (χ3v) is 14.5. The summed E-state index contributed by atoms with van der Waals surface area (Å²) in [6.45, 7) is 11.1. The second-order valence-electron chi connectivity index (χ2n) is 18.4. The number of amides is 1. The molecule has 14 heteroatoms. The molecule has 14 nitrogen and oxygen atoms in total. The van der Waals surface area contributed by atoms with Crippen LogP contribution >= 0.6 is 0 Å². The van der Waals surface area contributed by atoms with E-state index in [0.29, 0.717) is 25.7 Å². The van der Waals surface area contributed by atoms with E-state index in [1.807, 2.05) is 0 Å². The van der Waals surface area contributed by atoms with Gasteiger partial charge in [-0.05, 0) is 62.0 Å². The fourth-order valence-electron chi connectivity index (χ4n) is 11.7. The van der Waals surface area contributed by atoms with Crippen molar-refractivity contribution in [1.82, 2.24) is 5.32 Å². The van der Waals surface area contributed by atoms with E-state index >= 15 is 0 Å². The number of aliphatic hydroxyl groups is 1. The highest BCUT2D eigenvalue weighted by atomic mass is 16.8. The van der Waals surface area contributed by atoms with Crippen LogP contribution in [0.4, 0.5) is 0 Å². The van der Waals surface area contributed by atoms with Gasteiger partial charge in [0.2, 0.25) is 5.91 Å². The van der Waals surface area contributed by atoms with E-state index < -0.39 is 30.2 Å². The molecule has 318 valence electrons. The Labute approximate surface area is 335 Å². The highest BCUT2D eigenvalue weighted by Gasteiger charge is 2.68. The molecule has 2 N–H and O–H groups in total. The summed E-state index contributed by atoms with van der Waals surface area (Å²) in [5, 5.41) is 13.7. The topological polar surface area (TPSA) is 159 Å². The lowest BCUT2D eigenvalue weighted by Gasteiger charge is -2.47. The summed E-state index contributed by atoms with van der Waals surface area (Å²) in [5.41, 5.74) is 2.15. The first-order valence-corrected chi connectivity index (χ1v) is 21.6. The van der Waals surface area contributed by atoms with Gasteiger partial charge in [0, 0.05) is 65.2 Å². The lowest BCUT2D eigenvalue weighted by molar-refractivity contribution is -0.292. The predicted molar refractivity (Wildman–Crippen MR) is 202 cm³/mol. The van der Waals surface area contributed by atoms with Gasteiger partial charge in [-0.3, -0.25) is 9.59 Å². The summed E-state index contributed by atoms with van der Waals surface area (Å²) in [6, 6.07) is 0. The van der Waals surface area contributed by atoms with E-state index in [1.165, 1.54) is 7.11 Å². The fraction of sp³-hybridized carbons (Fsp3) is 0.860. The molecule has 10 aliphatic rings. The molecule has 0 aromatic rings. The van der Waals surface area contributed by atoms with Crippen molar-refractivity contribution < 1.29 is 62.1 Å². The molecule has 0 aliphatic carbocycles. The number of aliphatic hydroxyl groups excluding tert-OH is 1. The molecule has 12 bridgehead atoms. The highest BCUT2D eigenvalue weighted by molar-refractivity contribution is 5.79. The predicted octanol–water partition coefficient (Wildman–Crippen LogP) is 3.24. The van der Waals surface area contributed by atoms with E-state index in [9.17, 15) is 14.7 Å². The van der Waals surface area contributed by atoms with E-state index in [1.54, 1.807) is 7.11 Å². The van der Waals surface area contributed by atoms with E-state index in [2.05, 4.69) is 25.4 Å². The average Bonchev–Trinajstić information content (AvgIpc) is 3.85. The van der Waals surface area contributed by atoms with Crippen LogP contribution in [0.15, 0.2) is 24.3 Å². The molecule has 3 unspecified atom stereocenters. The molecule has 10 saturated heterocycles. The molecular formula is C43H63NO13. The molecule has 10 rings (SSSR count). The molecule has 10 heterocycles. The molecular weight excluding hydrogens is 738 g/mol. The minimum Gasteiger partial charge on any atom is -0.391 e. The summed E-state index contributed by atoms with van der Waals surface area (Å²) >= 11 is 0. The van der Waals surface area contributed by atoms with Crippen LogP contribution in [0.2, 0.25) is 0 Å². The van der Waals surface area contributed by atoms with Crippen LogP contribution in [-0.2, 0) is 57.0 Å². The highest BCUT2D eigenvalue weighted by Crippen LogP contribution is 2.54. The molecule has 1 amide bonds. The first-order valence-electron chi connectivity index (χ1n) is 21.6. The Morgan fingerprint density at radius 3 is 2.40 bits per heavy atom. The van der Waals surface area contributed by atoms with Crippen LogP contribution in [0.3, 0.4) is 0 Å². The number of hydrogen-bond acceptors (Lipinski definition) is 13. The van der Waals surface area contributed by atoms with E-state index in [0.717, 1.165) is 49.7 Å². The van der Waals surface area contributed by atoms with Gasteiger partial charge in [0.1, 0.15) is 42.9 Å². The zero-order chi connectivity index (χ0) is 39.6. The van der Waals surface area contributed by atoms with Crippen LogP contribution in [-0.4, -0.2) is 148 Å². The van der Waals surface area contributed by atoms with Gasteiger partial charge in [-0.2, -0.15) is 0 Å². The lowest BCUT2D eigenvalue weighted by atomic mass is 9.81. The Kier molecular flexibility index (Phi) is 11.8. The lowest BCUT2D eigenvalue weighted by Crippen LogP contribution is -2.61. The third-order valence-electron chi connectivity index (χ3n) is 14.5. The maximum absolute atomic E-state index is 14.2. The Morgan fingerprint density at radius 2 is 1.58 bits per heavy atom. The molecule has 19 atom stereocenters. The Bertz CT molecular complexity index is 1530. The summed E-state index contributed by atoms with van der Waals surface area (Å²) in [5.74, 6) is -1.11. The van der Waals surface area contributed by atoms with Gasteiger partial charge in [0.15, 0.2) is 5.79 Å². The average molecular weight is 802 g/mol. The number of methoxy groups -OCH3 is 2. The summed E-state index contributed by atoms with van der Waals surface area (Å²) in [6.07, 6.45) is 3.61. The van der Waals surface area contributed by atoms with Crippen molar-refractivity contribution in [3.05, 3.63) is 24.3 Å². The quantitative estimate of drug-likeness (QED) is 0.362. The van der Waals surface area contributed by atoms with Gasteiger partial charge in [0.05, 0.1) is 67.1 Å². The molecule has 0 aromatic carbocycles. The van der Waals surface area contributed by atoms with Gasteiger partial charge in [-0.1, -0.05) is 20.1 Å². The maximum Gasteiger partial charge on any atom is 0.246 e. The molecule has 1 spiro atoms.